The summed E-state index contributed by atoms with van der Waals surface area (Å²) in [5, 5.41) is 13.1. The van der Waals surface area contributed by atoms with Crippen LogP contribution in [-0.2, 0) is 12.9 Å². The van der Waals surface area contributed by atoms with Gasteiger partial charge in [0.2, 0.25) is 5.88 Å². The van der Waals surface area contributed by atoms with Gasteiger partial charge in [-0.25, -0.2) is 4.68 Å². The van der Waals surface area contributed by atoms with Crippen LogP contribution in [0.2, 0.25) is 0 Å². The van der Waals surface area contributed by atoms with Crippen LogP contribution in [0.25, 0.3) is 0 Å². The van der Waals surface area contributed by atoms with Crippen LogP contribution in [-0.4, -0.2) is 20.0 Å². The number of aromatic nitrogens is 4. The van der Waals surface area contributed by atoms with Crippen molar-refractivity contribution in [2.75, 3.05) is 0 Å². The van der Waals surface area contributed by atoms with Gasteiger partial charge >= 0.3 is 5.19 Å². The summed E-state index contributed by atoms with van der Waals surface area (Å²) >= 11 is 6.94. The number of hydrogen-bond acceptors (Lipinski definition) is 5. The van der Waals surface area contributed by atoms with Crippen LogP contribution in [0, 0.1) is 6.92 Å². The second kappa shape index (κ2) is 4.16. The standard InChI is InChI=1S/C8H9ClN4OS/c1-5-3-7(13(2)12-5)14-8-11-10-6(4-9)15-8/h3H,4H2,1-2H3. The van der Waals surface area contributed by atoms with Gasteiger partial charge in [-0.1, -0.05) is 16.4 Å². The van der Waals surface area contributed by atoms with E-state index in [-0.39, 0.29) is 0 Å². The molecule has 0 saturated heterocycles. The number of aryl methyl sites for hydroxylation is 2. The summed E-state index contributed by atoms with van der Waals surface area (Å²) in [5.41, 5.74) is 0.898. The molecule has 0 bridgehead atoms. The third-order valence-corrected chi connectivity index (χ3v) is 2.93. The van der Waals surface area contributed by atoms with Crippen molar-refractivity contribution in [3.63, 3.8) is 0 Å². The van der Waals surface area contributed by atoms with E-state index < -0.39 is 0 Å². The van der Waals surface area contributed by atoms with Gasteiger partial charge in [0, 0.05) is 13.1 Å². The Kier molecular flexibility index (Phi) is 2.88. The largest absolute Gasteiger partial charge is 0.411 e. The predicted octanol–water partition coefficient (Wildman–Crippen LogP) is 2.11. The number of rotatable bonds is 3. The Morgan fingerprint density at radius 3 is 2.87 bits per heavy atom. The summed E-state index contributed by atoms with van der Waals surface area (Å²) in [6.07, 6.45) is 0. The summed E-state index contributed by atoms with van der Waals surface area (Å²) in [6.45, 7) is 1.90. The van der Waals surface area contributed by atoms with Gasteiger partial charge in [-0.3, -0.25) is 0 Å². The van der Waals surface area contributed by atoms with Gasteiger partial charge < -0.3 is 4.74 Å². The molecule has 0 aliphatic heterocycles. The summed E-state index contributed by atoms with van der Waals surface area (Å²) in [4.78, 5) is 0. The molecule has 0 unspecified atom stereocenters. The lowest BCUT2D eigenvalue weighted by Gasteiger charge is -1.98. The highest BCUT2D eigenvalue weighted by molar-refractivity contribution is 7.13. The molecule has 80 valence electrons. The van der Waals surface area contributed by atoms with Crippen LogP contribution in [0.1, 0.15) is 10.7 Å². The Balaban J connectivity index is 2.17. The van der Waals surface area contributed by atoms with Crippen molar-refractivity contribution >= 4 is 22.9 Å². The fourth-order valence-corrected chi connectivity index (χ4v) is 1.87. The number of alkyl halides is 1. The number of halogens is 1. The Morgan fingerprint density at radius 2 is 2.33 bits per heavy atom. The Hall–Kier alpha value is -1.14. The molecule has 7 heteroatoms. The van der Waals surface area contributed by atoms with E-state index in [1.54, 1.807) is 4.68 Å². The molecular weight excluding hydrogens is 236 g/mol. The van der Waals surface area contributed by atoms with Gasteiger partial charge in [0.25, 0.3) is 0 Å². The summed E-state index contributed by atoms with van der Waals surface area (Å²) in [5.74, 6) is 0.996. The van der Waals surface area contributed by atoms with E-state index in [0.29, 0.717) is 17.0 Å². The average Bonchev–Trinajstić information content (AvgIpc) is 2.75. The molecule has 2 heterocycles. The minimum absolute atomic E-state index is 0.353. The summed E-state index contributed by atoms with van der Waals surface area (Å²) < 4.78 is 7.15. The second-order valence-corrected chi connectivity index (χ2v) is 4.24. The molecule has 15 heavy (non-hydrogen) atoms. The number of ether oxygens (including phenoxy) is 1. The molecule has 0 saturated carbocycles. The van der Waals surface area contributed by atoms with Crippen molar-refractivity contribution in [3.8, 4) is 11.1 Å². The highest BCUT2D eigenvalue weighted by Gasteiger charge is 2.08. The van der Waals surface area contributed by atoms with Crippen molar-refractivity contribution in [2.45, 2.75) is 12.8 Å². The molecule has 0 aromatic carbocycles. The van der Waals surface area contributed by atoms with Gasteiger partial charge in [-0.2, -0.15) is 5.10 Å². The molecule has 2 aromatic rings. The van der Waals surface area contributed by atoms with Crippen molar-refractivity contribution in [1.82, 2.24) is 20.0 Å². The van der Waals surface area contributed by atoms with Crippen LogP contribution >= 0.6 is 22.9 Å². The molecule has 0 radical (unpaired) electrons. The lowest BCUT2D eigenvalue weighted by molar-refractivity contribution is 0.424. The quantitative estimate of drug-likeness (QED) is 0.776. The maximum Gasteiger partial charge on any atom is 0.300 e. The maximum atomic E-state index is 5.61. The molecule has 0 aliphatic rings. The van der Waals surface area contributed by atoms with Crippen LogP contribution in [0.4, 0.5) is 0 Å². The van der Waals surface area contributed by atoms with Crippen molar-refractivity contribution in [1.29, 1.82) is 0 Å². The van der Waals surface area contributed by atoms with Crippen molar-refractivity contribution in [2.24, 2.45) is 7.05 Å². The van der Waals surface area contributed by atoms with E-state index in [0.717, 1.165) is 10.7 Å². The lowest BCUT2D eigenvalue weighted by atomic mass is 10.5. The first kappa shape index (κ1) is 10.4. The Bertz CT molecular complexity index is 467. The molecule has 0 atom stereocenters. The first-order valence-electron chi connectivity index (χ1n) is 4.26. The zero-order chi connectivity index (χ0) is 10.8. The first-order valence-corrected chi connectivity index (χ1v) is 5.61. The van der Waals surface area contributed by atoms with Gasteiger partial charge in [0.1, 0.15) is 5.01 Å². The monoisotopic (exact) mass is 244 g/mol. The Morgan fingerprint density at radius 1 is 1.53 bits per heavy atom. The van der Waals surface area contributed by atoms with Gasteiger partial charge in [-0.15, -0.1) is 16.7 Å². The van der Waals surface area contributed by atoms with Crippen LogP contribution < -0.4 is 4.74 Å². The molecule has 2 rings (SSSR count). The molecule has 0 amide bonds. The summed E-state index contributed by atoms with van der Waals surface area (Å²) in [7, 11) is 1.81. The minimum Gasteiger partial charge on any atom is -0.411 e. The SMILES string of the molecule is Cc1cc(Oc2nnc(CCl)s2)n(C)n1. The van der Waals surface area contributed by atoms with E-state index in [1.165, 1.54) is 11.3 Å². The average molecular weight is 245 g/mol. The van der Waals surface area contributed by atoms with Crippen LogP contribution in [0.5, 0.6) is 11.1 Å². The van der Waals surface area contributed by atoms with E-state index in [4.69, 9.17) is 16.3 Å². The zero-order valence-electron chi connectivity index (χ0n) is 8.27. The lowest BCUT2D eigenvalue weighted by Crippen LogP contribution is -1.94. The van der Waals surface area contributed by atoms with Crippen molar-refractivity contribution in [3.05, 3.63) is 16.8 Å². The highest BCUT2D eigenvalue weighted by atomic mass is 35.5. The minimum atomic E-state index is 0.353. The van der Waals surface area contributed by atoms with E-state index in [9.17, 15) is 0 Å². The van der Waals surface area contributed by atoms with E-state index >= 15 is 0 Å². The highest BCUT2D eigenvalue weighted by Crippen LogP contribution is 2.25. The van der Waals surface area contributed by atoms with Gasteiger partial charge in [0.15, 0.2) is 0 Å². The summed E-state index contributed by atoms with van der Waals surface area (Å²) in [6, 6.07) is 1.84. The smallest absolute Gasteiger partial charge is 0.300 e. The molecule has 2 aromatic heterocycles. The third-order valence-electron chi connectivity index (χ3n) is 1.71. The third kappa shape index (κ3) is 2.27. The fraction of sp³-hybridized carbons (Fsp3) is 0.375. The zero-order valence-corrected chi connectivity index (χ0v) is 9.84. The van der Waals surface area contributed by atoms with Gasteiger partial charge in [0.05, 0.1) is 11.6 Å². The molecule has 0 spiro atoms. The molecule has 0 aliphatic carbocycles. The van der Waals surface area contributed by atoms with Crippen LogP contribution in [0.3, 0.4) is 0 Å². The predicted molar refractivity (Wildman–Crippen MR) is 57.5 cm³/mol. The Labute approximate surface area is 95.7 Å². The first-order chi connectivity index (χ1) is 7.19. The molecular formula is C8H9ClN4OS. The normalized spacial score (nSPS) is 10.6. The van der Waals surface area contributed by atoms with Crippen molar-refractivity contribution < 1.29 is 4.74 Å². The van der Waals surface area contributed by atoms with Crippen LogP contribution in [0.15, 0.2) is 6.07 Å². The number of nitrogens with zero attached hydrogens (tertiary/aromatic N) is 4. The molecule has 0 fully saturated rings. The van der Waals surface area contributed by atoms with Gasteiger partial charge in [-0.05, 0) is 6.92 Å². The van der Waals surface area contributed by atoms with E-state index in [1.807, 2.05) is 20.0 Å². The fourth-order valence-electron chi connectivity index (χ4n) is 1.11. The second-order valence-electron chi connectivity index (χ2n) is 2.94. The van der Waals surface area contributed by atoms with E-state index in [2.05, 4.69) is 15.3 Å². The molecule has 5 nitrogen and oxygen atoms in total. The number of hydrogen-bond donors (Lipinski definition) is 0. The topological polar surface area (TPSA) is 52.8 Å². The maximum absolute atomic E-state index is 5.61. The molecule has 0 N–H and O–H groups in total.